The van der Waals surface area contributed by atoms with Crippen LogP contribution in [0.1, 0.15) is 0 Å². The van der Waals surface area contributed by atoms with Gasteiger partial charge in [-0.05, 0) is 36.4 Å². The lowest BCUT2D eigenvalue weighted by molar-refractivity contribution is 0.415. The summed E-state index contributed by atoms with van der Waals surface area (Å²) in [5.41, 5.74) is 1.85. The van der Waals surface area contributed by atoms with Crippen LogP contribution >= 0.6 is 0 Å². The molecule has 4 aromatic rings. The third-order valence-electron chi connectivity index (χ3n) is 4.62. The SMILES string of the molecule is COc1cccc(Nc2nc3ccccc3nc2NS(=O)(=O)c2ccc(N(C)C)nc2)c1. The Hall–Kier alpha value is -3.92. The number of benzene rings is 2. The third-order valence-corrected chi connectivity index (χ3v) is 5.95. The number of fused-ring (bicyclic) bond motifs is 1. The second-order valence-electron chi connectivity index (χ2n) is 7.12. The molecule has 0 unspecified atom stereocenters. The van der Waals surface area contributed by atoms with Crippen molar-refractivity contribution in [3.8, 4) is 5.75 Å². The Balaban J connectivity index is 1.73. The van der Waals surface area contributed by atoms with E-state index in [4.69, 9.17) is 4.74 Å². The second kappa shape index (κ2) is 8.67. The summed E-state index contributed by atoms with van der Waals surface area (Å²) in [5.74, 6) is 1.63. The van der Waals surface area contributed by atoms with Crippen LogP contribution in [0.2, 0.25) is 0 Å². The highest BCUT2D eigenvalue weighted by Crippen LogP contribution is 2.28. The van der Waals surface area contributed by atoms with Crippen molar-refractivity contribution in [1.29, 1.82) is 0 Å². The van der Waals surface area contributed by atoms with E-state index in [2.05, 4.69) is 25.0 Å². The van der Waals surface area contributed by atoms with Crippen molar-refractivity contribution in [2.45, 2.75) is 4.90 Å². The van der Waals surface area contributed by atoms with Crippen LogP contribution in [0.25, 0.3) is 11.0 Å². The zero-order valence-corrected chi connectivity index (χ0v) is 18.6. The maximum absolute atomic E-state index is 13.0. The van der Waals surface area contributed by atoms with Gasteiger partial charge in [0.2, 0.25) is 0 Å². The van der Waals surface area contributed by atoms with Crippen molar-refractivity contribution in [1.82, 2.24) is 15.0 Å². The molecule has 32 heavy (non-hydrogen) atoms. The first kappa shape index (κ1) is 21.3. The predicted octanol–water partition coefficient (Wildman–Crippen LogP) is 3.64. The molecule has 164 valence electrons. The number of nitrogens with one attached hydrogen (secondary N) is 2. The minimum atomic E-state index is -3.95. The summed E-state index contributed by atoms with van der Waals surface area (Å²) in [5, 5.41) is 3.13. The standard InChI is InChI=1S/C22H22N6O3S/c1-28(2)20-12-11-17(14-23-20)32(29,30)27-22-21(24-15-7-6-8-16(13-15)31-3)25-18-9-4-5-10-19(18)26-22/h4-14H,1-3H3,(H,24,25)(H,26,27). The van der Waals surface area contributed by atoms with Gasteiger partial charge in [-0.25, -0.2) is 23.4 Å². The molecule has 0 fully saturated rings. The molecular formula is C22H22N6O3S. The molecule has 0 aliphatic heterocycles. The van der Waals surface area contributed by atoms with Crippen LogP contribution in [0.15, 0.2) is 71.8 Å². The normalized spacial score (nSPS) is 11.2. The molecule has 0 radical (unpaired) electrons. The molecule has 0 amide bonds. The van der Waals surface area contributed by atoms with Crippen molar-refractivity contribution in [3.05, 3.63) is 66.9 Å². The number of aromatic nitrogens is 3. The van der Waals surface area contributed by atoms with Gasteiger partial charge in [0.25, 0.3) is 10.0 Å². The van der Waals surface area contributed by atoms with Gasteiger partial charge in [-0.3, -0.25) is 4.72 Å². The molecule has 0 bridgehead atoms. The van der Waals surface area contributed by atoms with E-state index in [1.54, 1.807) is 36.3 Å². The molecule has 2 aromatic heterocycles. The van der Waals surface area contributed by atoms with Crippen molar-refractivity contribution in [2.24, 2.45) is 0 Å². The van der Waals surface area contributed by atoms with Gasteiger partial charge in [-0.1, -0.05) is 18.2 Å². The van der Waals surface area contributed by atoms with E-state index in [1.165, 1.54) is 12.3 Å². The Kier molecular flexibility index (Phi) is 5.78. The fraction of sp³-hybridized carbons (Fsp3) is 0.136. The Morgan fingerprint density at radius 2 is 1.62 bits per heavy atom. The van der Waals surface area contributed by atoms with Gasteiger partial charge in [0, 0.05) is 32.0 Å². The first-order valence-corrected chi connectivity index (χ1v) is 11.2. The number of sulfonamides is 1. The number of rotatable bonds is 7. The van der Waals surface area contributed by atoms with Gasteiger partial charge in [0.1, 0.15) is 16.5 Å². The van der Waals surface area contributed by atoms with Gasteiger partial charge in [-0.2, -0.15) is 0 Å². The van der Waals surface area contributed by atoms with Crippen LogP contribution in [0.5, 0.6) is 5.75 Å². The predicted molar refractivity (Wildman–Crippen MR) is 125 cm³/mol. The van der Waals surface area contributed by atoms with E-state index in [9.17, 15) is 8.42 Å². The van der Waals surface area contributed by atoms with E-state index in [1.807, 2.05) is 44.4 Å². The van der Waals surface area contributed by atoms with E-state index in [0.717, 1.165) is 0 Å². The van der Waals surface area contributed by atoms with Crippen LogP contribution in [0, 0.1) is 0 Å². The average Bonchev–Trinajstić information content (AvgIpc) is 2.79. The number of para-hydroxylation sites is 2. The maximum Gasteiger partial charge on any atom is 0.264 e. The van der Waals surface area contributed by atoms with Gasteiger partial charge in [0.15, 0.2) is 11.6 Å². The molecular weight excluding hydrogens is 428 g/mol. The summed E-state index contributed by atoms with van der Waals surface area (Å²) in [6, 6.07) is 17.6. The van der Waals surface area contributed by atoms with Crippen LogP contribution in [0.4, 0.5) is 23.1 Å². The Labute approximate surface area is 186 Å². The number of nitrogens with zero attached hydrogens (tertiary/aromatic N) is 4. The lowest BCUT2D eigenvalue weighted by atomic mass is 10.3. The van der Waals surface area contributed by atoms with E-state index >= 15 is 0 Å². The maximum atomic E-state index is 13.0. The molecule has 0 aliphatic rings. The number of hydrogen-bond acceptors (Lipinski definition) is 8. The molecule has 10 heteroatoms. The number of anilines is 4. The molecule has 4 rings (SSSR count). The lowest BCUT2D eigenvalue weighted by Crippen LogP contribution is -2.17. The minimum Gasteiger partial charge on any atom is -0.497 e. The summed E-state index contributed by atoms with van der Waals surface area (Å²) in [7, 11) is 1.28. The molecule has 9 nitrogen and oxygen atoms in total. The molecule has 2 heterocycles. The first-order valence-electron chi connectivity index (χ1n) is 9.70. The van der Waals surface area contributed by atoms with Crippen LogP contribution < -0.4 is 19.7 Å². The highest BCUT2D eigenvalue weighted by atomic mass is 32.2. The second-order valence-corrected chi connectivity index (χ2v) is 8.80. The Bertz CT molecular complexity index is 1360. The van der Waals surface area contributed by atoms with E-state index in [0.29, 0.717) is 28.3 Å². The first-order chi connectivity index (χ1) is 15.4. The summed E-state index contributed by atoms with van der Waals surface area (Å²) >= 11 is 0. The molecule has 0 saturated carbocycles. The molecule has 2 N–H and O–H groups in total. The van der Waals surface area contributed by atoms with Crippen LogP contribution in [-0.2, 0) is 10.0 Å². The third kappa shape index (κ3) is 4.54. The Morgan fingerprint density at radius 1 is 0.906 bits per heavy atom. The molecule has 2 aromatic carbocycles. The molecule has 0 aliphatic carbocycles. The van der Waals surface area contributed by atoms with Crippen molar-refractivity contribution < 1.29 is 13.2 Å². The van der Waals surface area contributed by atoms with Crippen molar-refractivity contribution in [2.75, 3.05) is 36.1 Å². The molecule has 0 saturated heterocycles. The summed E-state index contributed by atoms with van der Waals surface area (Å²) in [6.07, 6.45) is 1.31. The van der Waals surface area contributed by atoms with Gasteiger partial charge in [-0.15, -0.1) is 0 Å². The average molecular weight is 451 g/mol. The number of hydrogen-bond donors (Lipinski definition) is 2. The monoisotopic (exact) mass is 450 g/mol. The quantitative estimate of drug-likeness (QED) is 0.439. The Morgan fingerprint density at radius 3 is 2.25 bits per heavy atom. The molecule has 0 atom stereocenters. The molecule has 0 spiro atoms. The highest BCUT2D eigenvalue weighted by Gasteiger charge is 2.20. The van der Waals surface area contributed by atoms with Crippen molar-refractivity contribution in [3.63, 3.8) is 0 Å². The summed E-state index contributed by atoms with van der Waals surface area (Å²) < 4.78 is 33.9. The lowest BCUT2D eigenvalue weighted by Gasteiger charge is -2.15. The zero-order valence-electron chi connectivity index (χ0n) is 17.8. The van der Waals surface area contributed by atoms with Crippen molar-refractivity contribution >= 4 is 44.2 Å². The highest BCUT2D eigenvalue weighted by molar-refractivity contribution is 7.92. The fourth-order valence-corrected chi connectivity index (χ4v) is 3.93. The number of ether oxygens (including phenoxy) is 1. The number of methoxy groups -OCH3 is 1. The van der Waals surface area contributed by atoms with E-state index in [-0.39, 0.29) is 16.5 Å². The summed E-state index contributed by atoms with van der Waals surface area (Å²) in [4.78, 5) is 15.1. The van der Waals surface area contributed by atoms with Crippen LogP contribution in [-0.4, -0.2) is 44.6 Å². The van der Waals surface area contributed by atoms with Gasteiger partial charge < -0.3 is 15.0 Å². The minimum absolute atomic E-state index is 0.0189. The zero-order chi connectivity index (χ0) is 22.7. The van der Waals surface area contributed by atoms with Gasteiger partial charge in [0.05, 0.1) is 18.1 Å². The number of pyridine rings is 1. The largest absolute Gasteiger partial charge is 0.497 e. The fourth-order valence-electron chi connectivity index (χ4n) is 2.98. The smallest absolute Gasteiger partial charge is 0.264 e. The van der Waals surface area contributed by atoms with Crippen LogP contribution in [0.3, 0.4) is 0 Å². The topological polar surface area (TPSA) is 109 Å². The summed E-state index contributed by atoms with van der Waals surface area (Å²) in [6.45, 7) is 0. The van der Waals surface area contributed by atoms with Gasteiger partial charge >= 0.3 is 0 Å². The van der Waals surface area contributed by atoms with E-state index < -0.39 is 10.0 Å².